The molecule has 18 nitrogen and oxygen atoms in total. The molecule has 0 aliphatic heterocycles. The number of Topliss-reactive ketones (excluding diaryl/α,β-unsaturated/α-hetero) is 1. The van der Waals surface area contributed by atoms with E-state index in [1.54, 1.807) is 84.9 Å². The largest absolute Gasteiger partial charge is 0.509 e. The predicted octanol–water partition coefficient (Wildman–Crippen LogP) is 5.05. The molecule has 3 aliphatic carbocycles. The quantitative estimate of drug-likeness (QED) is 0.0628. The van der Waals surface area contributed by atoms with E-state index in [0.717, 1.165) is 13.8 Å². The molecule has 386 valence electrons. The fraction of sp³-hybridized carbons (Fsp3) is 0.400. The number of benzene rings is 4. The van der Waals surface area contributed by atoms with Crippen molar-refractivity contribution < 1.29 is 82.4 Å². The molecule has 0 spiro atoms. The van der Waals surface area contributed by atoms with Crippen LogP contribution in [-0.2, 0) is 54.2 Å². The Balaban J connectivity index is 1.41. The number of nitrogens with one attached hydrogen (secondary N) is 1. The summed E-state index contributed by atoms with van der Waals surface area (Å²) in [6, 6.07) is 30.5. The van der Waals surface area contributed by atoms with Gasteiger partial charge in [-0.05, 0) is 60.4 Å². The van der Waals surface area contributed by atoms with E-state index in [9.17, 15) is 44.4 Å². The van der Waals surface area contributed by atoms with Crippen LogP contribution >= 0.6 is 0 Å². The molecule has 18 heteroatoms. The van der Waals surface area contributed by atoms with Gasteiger partial charge >= 0.3 is 30.0 Å². The Kier molecular flexibility index (Phi) is 15.7. The average Bonchev–Trinajstić information content (AvgIpc) is 3.37. The lowest BCUT2D eigenvalue weighted by molar-refractivity contribution is -0.287. The van der Waals surface area contributed by atoms with E-state index in [2.05, 4.69) is 5.32 Å². The molecule has 0 radical (unpaired) electrons. The van der Waals surface area contributed by atoms with Crippen molar-refractivity contribution in [3.63, 3.8) is 0 Å². The van der Waals surface area contributed by atoms with E-state index >= 15 is 9.59 Å². The van der Waals surface area contributed by atoms with E-state index in [-0.39, 0.29) is 34.4 Å². The Morgan fingerprint density at radius 1 is 0.740 bits per heavy atom. The van der Waals surface area contributed by atoms with Gasteiger partial charge in [0.2, 0.25) is 6.10 Å². The van der Waals surface area contributed by atoms with Gasteiger partial charge in [0.15, 0.2) is 11.9 Å². The van der Waals surface area contributed by atoms with Crippen LogP contribution in [0.4, 0.5) is 4.79 Å². The Labute approximate surface area is 421 Å². The number of hydrogen-bond donors (Lipinski definition) is 5. The first kappa shape index (κ1) is 53.5. The van der Waals surface area contributed by atoms with Crippen LogP contribution in [0.2, 0.25) is 0 Å². The Morgan fingerprint density at radius 2 is 1.29 bits per heavy atom. The summed E-state index contributed by atoms with van der Waals surface area (Å²) in [6.07, 6.45) is -14.4. The normalized spacial score (nSPS) is 28.1. The third kappa shape index (κ3) is 10.4. The molecule has 4 aromatic rings. The van der Waals surface area contributed by atoms with E-state index in [1.165, 1.54) is 64.1 Å². The standard InChI is InChI=1S/C55H59NO17/c1-31-38(71-50(64)44(72-51(65)68-29-34-19-11-7-12-20-34)42(35-21-13-8-14-22-35)56-48(62)36-23-15-9-16-24-36)28-55(67)47(73-49(63)37-25-17-10-18-26-37)45-53(6,39(60)27-40(69-32(2)58)54(45,66)30-57)46(61)43(70-33(3)59)41(31)52(55,4)5/h7-26,38-40,42-45,47,57,60,66-67H,27-30H2,1-6H3,(H,56,62)/t38-,39-,40-,42-,43+,44+,45-,47-,53+,54-,55+/m0/s1. The summed E-state index contributed by atoms with van der Waals surface area (Å²) >= 11 is 0. The summed E-state index contributed by atoms with van der Waals surface area (Å²) in [5, 5.41) is 53.0. The van der Waals surface area contributed by atoms with Crippen LogP contribution in [0.5, 0.6) is 0 Å². The molecule has 3 aliphatic rings. The first-order valence-electron chi connectivity index (χ1n) is 23.7. The van der Waals surface area contributed by atoms with Crippen molar-refractivity contribution in [2.45, 2.75) is 115 Å². The Bertz CT molecular complexity index is 2730. The smallest absolute Gasteiger partial charge is 0.459 e. The number of rotatable bonds is 14. The number of carbonyl (C=O) groups is 7. The maximum Gasteiger partial charge on any atom is 0.509 e. The minimum Gasteiger partial charge on any atom is -0.459 e. The molecular weight excluding hydrogens is 947 g/mol. The zero-order valence-electron chi connectivity index (χ0n) is 41.1. The highest BCUT2D eigenvalue weighted by molar-refractivity contribution is 5.96. The predicted molar refractivity (Wildman–Crippen MR) is 257 cm³/mol. The molecule has 4 aromatic carbocycles. The zero-order chi connectivity index (χ0) is 53.0. The van der Waals surface area contributed by atoms with Crippen LogP contribution in [0.25, 0.3) is 0 Å². The molecule has 1 amide bonds. The van der Waals surface area contributed by atoms with Crippen LogP contribution in [0.1, 0.15) is 92.3 Å². The number of ether oxygens (including phenoxy) is 6. The lowest BCUT2D eigenvalue weighted by Crippen LogP contribution is -2.78. The molecular formula is C55H59NO17. The van der Waals surface area contributed by atoms with Gasteiger partial charge < -0.3 is 54.2 Å². The minimum atomic E-state index is -2.80. The molecule has 2 saturated carbocycles. The summed E-state index contributed by atoms with van der Waals surface area (Å²) in [4.78, 5) is 98.7. The number of aliphatic hydroxyl groups excluding tert-OH is 2. The second-order valence-electron chi connectivity index (χ2n) is 19.4. The maximum atomic E-state index is 15.6. The van der Waals surface area contributed by atoms with Crippen LogP contribution in [0, 0.1) is 16.7 Å². The van der Waals surface area contributed by atoms with Crippen molar-refractivity contribution in [2.24, 2.45) is 16.7 Å². The van der Waals surface area contributed by atoms with Crippen LogP contribution in [0.3, 0.4) is 0 Å². The van der Waals surface area contributed by atoms with Crippen molar-refractivity contribution in [1.29, 1.82) is 0 Å². The first-order valence-corrected chi connectivity index (χ1v) is 23.7. The van der Waals surface area contributed by atoms with Crippen LogP contribution < -0.4 is 5.32 Å². The Hall–Kier alpha value is -7.25. The maximum absolute atomic E-state index is 15.6. The summed E-state index contributed by atoms with van der Waals surface area (Å²) in [5.74, 6) is -8.25. The van der Waals surface area contributed by atoms with Crippen molar-refractivity contribution in [1.82, 2.24) is 5.32 Å². The molecule has 7 rings (SSSR count). The topological polar surface area (TPSA) is 268 Å². The number of aliphatic hydroxyl groups is 4. The summed E-state index contributed by atoms with van der Waals surface area (Å²) in [7, 11) is 0. The average molecular weight is 1010 g/mol. The van der Waals surface area contributed by atoms with Crippen molar-refractivity contribution >= 4 is 41.7 Å². The highest BCUT2D eigenvalue weighted by atomic mass is 16.7. The van der Waals surface area contributed by atoms with Gasteiger partial charge in [0.1, 0.15) is 42.2 Å². The van der Waals surface area contributed by atoms with Crippen LogP contribution in [-0.4, -0.2) is 117 Å². The third-order valence-corrected chi connectivity index (χ3v) is 14.6. The van der Waals surface area contributed by atoms with Gasteiger partial charge in [-0.1, -0.05) is 111 Å². The molecule has 2 fully saturated rings. The number of amides is 1. The number of ketones is 1. The highest BCUT2D eigenvalue weighted by Crippen LogP contribution is 2.62. The van der Waals surface area contributed by atoms with Crippen molar-refractivity contribution in [3.05, 3.63) is 155 Å². The minimum absolute atomic E-state index is 0.0355. The molecule has 2 bridgehead atoms. The van der Waals surface area contributed by atoms with Crippen molar-refractivity contribution in [3.8, 4) is 0 Å². The van der Waals surface area contributed by atoms with Crippen LogP contribution in [0.15, 0.2) is 132 Å². The molecule has 73 heavy (non-hydrogen) atoms. The van der Waals surface area contributed by atoms with Crippen molar-refractivity contribution in [2.75, 3.05) is 6.61 Å². The van der Waals surface area contributed by atoms with Gasteiger partial charge in [-0.25, -0.2) is 14.4 Å². The van der Waals surface area contributed by atoms with Gasteiger partial charge in [0, 0.05) is 43.6 Å². The number of hydrogen-bond acceptors (Lipinski definition) is 17. The van der Waals surface area contributed by atoms with Gasteiger partial charge in [0.25, 0.3) is 5.91 Å². The first-order chi connectivity index (χ1) is 34.6. The number of fused-ring (bicyclic) bond motifs is 3. The molecule has 0 saturated heterocycles. The van der Waals surface area contributed by atoms with Gasteiger partial charge in [-0.2, -0.15) is 0 Å². The lowest BCUT2D eigenvalue weighted by Gasteiger charge is -2.64. The second-order valence-corrected chi connectivity index (χ2v) is 19.4. The fourth-order valence-electron chi connectivity index (χ4n) is 10.8. The van der Waals surface area contributed by atoms with Gasteiger partial charge in [-0.15, -0.1) is 0 Å². The number of esters is 4. The third-order valence-electron chi connectivity index (χ3n) is 14.6. The van der Waals surface area contributed by atoms with E-state index in [4.69, 9.17) is 28.4 Å². The number of carbonyl (C=O) groups excluding carboxylic acids is 7. The van der Waals surface area contributed by atoms with Gasteiger partial charge in [-0.3, -0.25) is 19.2 Å². The monoisotopic (exact) mass is 1010 g/mol. The molecule has 0 heterocycles. The SMILES string of the molecule is CC(=O)O[C@H]1C(=O)[C@@]2(C)[C@H]([C@H](OC(=O)c3ccccc3)[C@]3(O)C[C@H](OC(=O)[C@H](OC(=O)OCc4ccccc4)[C@@H](NC(=O)c4ccccc4)c4ccccc4)C(C)=C1C3(C)C)[C@](O)(CO)[C@@H](OC(C)=O)C[C@@H]2O. The van der Waals surface area contributed by atoms with E-state index < -0.39 is 132 Å². The second kappa shape index (κ2) is 21.5. The molecule has 11 atom stereocenters. The Morgan fingerprint density at radius 3 is 1.85 bits per heavy atom. The van der Waals surface area contributed by atoms with E-state index in [0.29, 0.717) is 5.56 Å². The zero-order valence-corrected chi connectivity index (χ0v) is 41.1. The molecule has 0 unspecified atom stereocenters. The summed E-state index contributed by atoms with van der Waals surface area (Å²) < 4.78 is 35.2. The summed E-state index contributed by atoms with van der Waals surface area (Å²) in [6.45, 7) is 5.97. The lowest BCUT2D eigenvalue weighted by atomic mass is 9.45. The summed E-state index contributed by atoms with van der Waals surface area (Å²) in [5.41, 5.74) is -8.92. The molecule has 0 aromatic heterocycles. The fourth-order valence-corrected chi connectivity index (χ4v) is 10.8. The van der Waals surface area contributed by atoms with Gasteiger partial charge in [0.05, 0.1) is 23.7 Å². The van der Waals surface area contributed by atoms with E-state index in [1.807, 2.05) is 0 Å². The molecule has 5 N–H and O–H groups in total. The highest BCUT2D eigenvalue weighted by Gasteiger charge is 2.75.